The summed E-state index contributed by atoms with van der Waals surface area (Å²) < 4.78 is 11.1. The molecular weight excluding hydrogens is 446 g/mol. The van der Waals surface area contributed by atoms with Gasteiger partial charge in [0.25, 0.3) is 17.5 Å². The molecule has 0 unspecified atom stereocenters. The van der Waals surface area contributed by atoms with E-state index < -0.39 is 16.7 Å². The fourth-order valence-electron chi connectivity index (χ4n) is 3.38. The van der Waals surface area contributed by atoms with Crippen molar-refractivity contribution in [1.82, 2.24) is 5.32 Å². The number of anilines is 1. The lowest BCUT2D eigenvalue weighted by atomic mass is 10.1. The Hall–Kier alpha value is -4.31. The molecule has 1 N–H and O–H groups in total. The molecule has 2 aromatic carbocycles. The Kier molecular flexibility index (Phi) is 5.76. The van der Waals surface area contributed by atoms with Crippen LogP contribution in [-0.2, 0) is 9.59 Å². The molecule has 0 atom stereocenters. The van der Waals surface area contributed by atoms with Crippen LogP contribution in [0.2, 0.25) is 0 Å². The molecule has 0 bridgehead atoms. The summed E-state index contributed by atoms with van der Waals surface area (Å²) in [5, 5.41) is 13.7. The number of rotatable bonds is 5. The molecule has 9 nitrogen and oxygen atoms in total. The molecule has 166 valence electrons. The van der Waals surface area contributed by atoms with E-state index in [1.54, 1.807) is 55.5 Å². The number of aryl methyl sites for hydroxylation is 1. The Bertz CT molecular complexity index is 1340. The highest BCUT2D eigenvalue weighted by atomic mass is 32.1. The van der Waals surface area contributed by atoms with Gasteiger partial charge >= 0.3 is 0 Å². The minimum Gasteiger partial charge on any atom is -0.495 e. The zero-order valence-corrected chi connectivity index (χ0v) is 18.3. The summed E-state index contributed by atoms with van der Waals surface area (Å²) >= 11 is 5.21. The maximum absolute atomic E-state index is 13.2. The molecule has 1 saturated heterocycles. The first-order valence-electron chi connectivity index (χ1n) is 9.70. The zero-order valence-electron chi connectivity index (χ0n) is 17.5. The first-order valence-corrected chi connectivity index (χ1v) is 10.1. The van der Waals surface area contributed by atoms with Crippen molar-refractivity contribution in [3.8, 4) is 17.1 Å². The van der Waals surface area contributed by atoms with Crippen molar-refractivity contribution in [2.75, 3.05) is 12.0 Å². The van der Waals surface area contributed by atoms with Crippen molar-refractivity contribution in [2.45, 2.75) is 6.92 Å². The van der Waals surface area contributed by atoms with Crippen molar-refractivity contribution in [3.63, 3.8) is 0 Å². The molecule has 1 aliphatic rings. The Morgan fingerprint density at radius 3 is 2.64 bits per heavy atom. The average Bonchev–Trinajstić information content (AvgIpc) is 3.25. The smallest absolute Gasteiger partial charge is 0.273 e. The van der Waals surface area contributed by atoms with Crippen LogP contribution in [0, 0.1) is 17.0 Å². The SMILES string of the molecule is COc1ccccc1N1C(=O)/C(=C/c2ccc(-c3ccc(C)c([N+](=O)[O-])c3)o2)C(=O)NC1=S. The maximum atomic E-state index is 13.2. The van der Waals surface area contributed by atoms with Crippen LogP contribution in [0.3, 0.4) is 0 Å². The van der Waals surface area contributed by atoms with Gasteiger partial charge in [0.2, 0.25) is 0 Å². The number of carbonyl (C=O) groups excluding carboxylic acids is 2. The highest BCUT2D eigenvalue weighted by molar-refractivity contribution is 7.80. The van der Waals surface area contributed by atoms with Gasteiger partial charge in [0.1, 0.15) is 22.8 Å². The molecular formula is C23H17N3O6S. The Morgan fingerprint density at radius 1 is 1.15 bits per heavy atom. The second-order valence-corrected chi connectivity index (χ2v) is 7.48. The minimum atomic E-state index is -0.667. The van der Waals surface area contributed by atoms with E-state index in [-0.39, 0.29) is 22.1 Å². The third-order valence-corrected chi connectivity index (χ3v) is 5.32. The molecule has 10 heteroatoms. The van der Waals surface area contributed by atoms with E-state index in [4.69, 9.17) is 21.4 Å². The minimum absolute atomic E-state index is 0.0356. The van der Waals surface area contributed by atoms with E-state index in [1.807, 2.05) is 0 Å². The topological polar surface area (TPSA) is 115 Å². The number of hydrogen-bond acceptors (Lipinski definition) is 7. The van der Waals surface area contributed by atoms with Gasteiger partial charge in [-0.2, -0.15) is 0 Å². The summed E-state index contributed by atoms with van der Waals surface area (Å²) in [4.78, 5) is 37.6. The van der Waals surface area contributed by atoms with Crippen LogP contribution in [0.1, 0.15) is 11.3 Å². The van der Waals surface area contributed by atoms with Crippen molar-refractivity contribution in [2.24, 2.45) is 0 Å². The van der Waals surface area contributed by atoms with Crippen LogP contribution in [0.15, 0.2) is 64.6 Å². The van der Waals surface area contributed by atoms with Crippen LogP contribution in [0.5, 0.6) is 5.75 Å². The lowest BCUT2D eigenvalue weighted by Gasteiger charge is -2.29. The number of benzene rings is 2. The highest BCUT2D eigenvalue weighted by Crippen LogP contribution is 2.32. The van der Waals surface area contributed by atoms with Crippen molar-refractivity contribution < 1.29 is 23.7 Å². The van der Waals surface area contributed by atoms with Crippen LogP contribution in [0.25, 0.3) is 17.4 Å². The van der Waals surface area contributed by atoms with Gasteiger partial charge in [0.05, 0.1) is 17.7 Å². The summed E-state index contributed by atoms with van der Waals surface area (Å²) in [5.41, 5.74) is 1.17. The molecule has 2 amide bonds. The van der Waals surface area contributed by atoms with Crippen LogP contribution >= 0.6 is 12.2 Å². The molecule has 1 aromatic heterocycles. The number of carbonyl (C=O) groups is 2. The van der Waals surface area contributed by atoms with Gasteiger partial charge in [-0.1, -0.05) is 24.3 Å². The van der Waals surface area contributed by atoms with Gasteiger partial charge in [-0.15, -0.1) is 0 Å². The highest BCUT2D eigenvalue weighted by Gasteiger charge is 2.36. The van der Waals surface area contributed by atoms with Crippen molar-refractivity contribution in [3.05, 3.63) is 81.6 Å². The predicted octanol–water partition coefficient (Wildman–Crippen LogP) is 4.00. The number of nitro groups is 1. The van der Waals surface area contributed by atoms with E-state index in [1.165, 1.54) is 24.2 Å². The lowest BCUT2D eigenvalue weighted by molar-refractivity contribution is -0.385. The number of nitrogens with zero attached hydrogens (tertiary/aromatic N) is 2. The Morgan fingerprint density at radius 2 is 1.91 bits per heavy atom. The summed E-state index contributed by atoms with van der Waals surface area (Å²) in [6, 6.07) is 14.7. The van der Waals surface area contributed by atoms with Gasteiger partial charge in [-0.3, -0.25) is 25.0 Å². The molecule has 0 aliphatic carbocycles. The van der Waals surface area contributed by atoms with E-state index in [0.29, 0.717) is 28.3 Å². The van der Waals surface area contributed by atoms with Crippen LogP contribution in [-0.4, -0.2) is 29.0 Å². The van der Waals surface area contributed by atoms with Crippen molar-refractivity contribution in [1.29, 1.82) is 0 Å². The van der Waals surface area contributed by atoms with Gasteiger partial charge in [-0.05, 0) is 49.5 Å². The van der Waals surface area contributed by atoms with Crippen LogP contribution < -0.4 is 15.0 Å². The molecule has 3 aromatic rings. The number of para-hydroxylation sites is 2. The van der Waals surface area contributed by atoms with E-state index in [2.05, 4.69) is 5.32 Å². The number of thiocarbonyl (C=S) groups is 1. The molecule has 2 heterocycles. The van der Waals surface area contributed by atoms with Gasteiger partial charge < -0.3 is 9.15 Å². The molecule has 0 radical (unpaired) electrons. The Labute approximate surface area is 193 Å². The quantitative estimate of drug-likeness (QED) is 0.200. The molecule has 1 fully saturated rings. The molecule has 4 rings (SSSR count). The number of amides is 2. The molecule has 0 saturated carbocycles. The average molecular weight is 463 g/mol. The lowest BCUT2D eigenvalue weighted by Crippen LogP contribution is -2.54. The number of nitro benzene ring substituents is 1. The van der Waals surface area contributed by atoms with Gasteiger partial charge in [0, 0.05) is 17.2 Å². The van der Waals surface area contributed by atoms with E-state index in [0.717, 1.165) is 0 Å². The number of furan rings is 1. The number of hydrogen-bond donors (Lipinski definition) is 1. The maximum Gasteiger partial charge on any atom is 0.273 e. The standard InChI is InChI=1S/C23H17N3O6S/c1-13-7-8-14(11-18(13)26(29)30)19-10-9-15(32-19)12-16-21(27)24-23(33)25(22(16)28)17-5-3-4-6-20(17)31-2/h3-12H,1-2H3,(H,24,27,33)/b16-12+. The first kappa shape index (κ1) is 21.9. The summed E-state index contributed by atoms with van der Waals surface area (Å²) in [6.45, 7) is 1.64. The van der Waals surface area contributed by atoms with Crippen LogP contribution in [0.4, 0.5) is 11.4 Å². The van der Waals surface area contributed by atoms with Gasteiger partial charge in [0.15, 0.2) is 5.11 Å². The largest absolute Gasteiger partial charge is 0.495 e. The summed E-state index contributed by atoms with van der Waals surface area (Å²) in [7, 11) is 1.46. The second-order valence-electron chi connectivity index (χ2n) is 7.09. The summed E-state index contributed by atoms with van der Waals surface area (Å²) in [6.07, 6.45) is 1.30. The third-order valence-electron chi connectivity index (χ3n) is 5.03. The predicted molar refractivity (Wildman–Crippen MR) is 125 cm³/mol. The second kappa shape index (κ2) is 8.67. The fourth-order valence-corrected chi connectivity index (χ4v) is 3.65. The fraction of sp³-hybridized carbons (Fsp3) is 0.0870. The first-order chi connectivity index (χ1) is 15.8. The summed E-state index contributed by atoms with van der Waals surface area (Å²) in [5.74, 6) is -0.326. The van der Waals surface area contributed by atoms with E-state index in [9.17, 15) is 19.7 Å². The number of nitrogens with one attached hydrogen (secondary N) is 1. The van der Waals surface area contributed by atoms with Crippen molar-refractivity contribution >= 4 is 46.6 Å². The number of ether oxygens (including phenoxy) is 1. The zero-order chi connectivity index (χ0) is 23.7. The third kappa shape index (κ3) is 4.11. The van der Waals surface area contributed by atoms with E-state index >= 15 is 0 Å². The monoisotopic (exact) mass is 463 g/mol. The normalized spacial score (nSPS) is 15.0. The molecule has 1 aliphatic heterocycles. The Balaban J connectivity index is 1.69. The molecule has 33 heavy (non-hydrogen) atoms. The number of methoxy groups -OCH3 is 1. The molecule has 0 spiro atoms. The van der Waals surface area contributed by atoms with Gasteiger partial charge in [-0.25, -0.2) is 4.90 Å².